The van der Waals surface area contributed by atoms with Crippen molar-refractivity contribution in [3.8, 4) is 11.7 Å². The summed E-state index contributed by atoms with van der Waals surface area (Å²) < 4.78 is 9.46. The van der Waals surface area contributed by atoms with Crippen molar-refractivity contribution >= 4 is 0 Å². The molecule has 4 heteroatoms. The summed E-state index contributed by atoms with van der Waals surface area (Å²) in [5, 5.41) is 8.99. The van der Waals surface area contributed by atoms with Crippen LogP contribution in [0.1, 0.15) is 5.76 Å². The average Bonchev–Trinajstić information content (AvgIpc) is 1.96. The van der Waals surface area contributed by atoms with Crippen LogP contribution in [0.4, 0.5) is 0 Å². The normalized spacial score (nSPS) is 9.64. The number of aryl methyl sites for hydroxylation is 1. The number of methoxy groups -OCH3 is 1. The van der Waals surface area contributed by atoms with Crippen LogP contribution in [-0.2, 0) is 0 Å². The van der Waals surface area contributed by atoms with Crippen molar-refractivity contribution in [3.05, 3.63) is 22.0 Å². The van der Waals surface area contributed by atoms with E-state index in [9.17, 15) is 4.79 Å². The minimum atomic E-state index is -0.495. The van der Waals surface area contributed by atoms with E-state index in [0.717, 1.165) is 0 Å². The van der Waals surface area contributed by atoms with Gasteiger partial charge in [-0.05, 0) is 6.92 Å². The molecule has 1 heterocycles. The molecule has 0 unspecified atom stereocenters. The molecule has 0 amide bonds. The van der Waals surface area contributed by atoms with Gasteiger partial charge < -0.3 is 14.3 Å². The predicted molar refractivity (Wildman–Crippen MR) is 37.9 cm³/mol. The second-order valence-corrected chi connectivity index (χ2v) is 2.06. The zero-order chi connectivity index (χ0) is 8.43. The lowest BCUT2D eigenvalue weighted by atomic mass is 10.4. The molecule has 0 bridgehead atoms. The summed E-state index contributed by atoms with van der Waals surface area (Å²) in [5.74, 6) is -0.224. The predicted octanol–water partition coefficient (Wildman–Crippen LogP) is 0.662. The van der Waals surface area contributed by atoms with Gasteiger partial charge in [-0.2, -0.15) is 0 Å². The third-order valence-electron chi connectivity index (χ3n) is 1.20. The Morgan fingerprint density at radius 3 is 2.82 bits per heavy atom. The maximum atomic E-state index is 10.8. The highest BCUT2D eigenvalue weighted by molar-refractivity contribution is 5.29. The molecule has 1 rings (SSSR count). The monoisotopic (exact) mass is 156 g/mol. The smallest absolute Gasteiger partial charge is 0.332 e. The lowest BCUT2D eigenvalue weighted by Gasteiger charge is -2.00. The van der Waals surface area contributed by atoms with Crippen LogP contribution in [-0.4, -0.2) is 12.2 Å². The molecule has 60 valence electrons. The van der Waals surface area contributed by atoms with Gasteiger partial charge in [0.15, 0.2) is 0 Å². The largest absolute Gasteiger partial charge is 0.499 e. The molecular weight excluding hydrogens is 148 g/mol. The SMILES string of the molecule is COc1oc(C)cc(=O)c1O. The molecule has 0 saturated heterocycles. The van der Waals surface area contributed by atoms with Crippen LogP contribution >= 0.6 is 0 Å². The van der Waals surface area contributed by atoms with Gasteiger partial charge in [-0.3, -0.25) is 4.79 Å². The second-order valence-electron chi connectivity index (χ2n) is 2.06. The van der Waals surface area contributed by atoms with Crippen LogP contribution in [0.5, 0.6) is 11.7 Å². The molecular formula is C7H8O4. The molecule has 0 radical (unpaired) electrons. The highest BCUT2D eigenvalue weighted by Gasteiger charge is 2.08. The zero-order valence-electron chi connectivity index (χ0n) is 6.25. The molecule has 0 aliphatic rings. The van der Waals surface area contributed by atoms with Crippen LogP contribution in [0.15, 0.2) is 15.3 Å². The van der Waals surface area contributed by atoms with Crippen molar-refractivity contribution in [2.24, 2.45) is 0 Å². The van der Waals surface area contributed by atoms with Gasteiger partial charge in [-0.25, -0.2) is 0 Å². The van der Waals surface area contributed by atoms with E-state index in [1.165, 1.54) is 13.2 Å². The number of aromatic hydroxyl groups is 1. The molecule has 0 aliphatic heterocycles. The van der Waals surface area contributed by atoms with Gasteiger partial charge in [-0.1, -0.05) is 0 Å². The van der Waals surface area contributed by atoms with Gasteiger partial charge in [0.25, 0.3) is 0 Å². The molecule has 1 N–H and O–H groups in total. The Kier molecular flexibility index (Phi) is 1.85. The van der Waals surface area contributed by atoms with Crippen molar-refractivity contribution in [1.29, 1.82) is 0 Å². The first-order valence-electron chi connectivity index (χ1n) is 3.03. The van der Waals surface area contributed by atoms with Crippen LogP contribution < -0.4 is 10.2 Å². The number of rotatable bonds is 1. The highest BCUT2D eigenvalue weighted by Crippen LogP contribution is 2.20. The third kappa shape index (κ3) is 1.34. The van der Waals surface area contributed by atoms with Crippen molar-refractivity contribution < 1.29 is 14.3 Å². The molecule has 4 nitrogen and oxygen atoms in total. The Morgan fingerprint density at radius 2 is 2.27 bits per heavy atom. The molecule has 0 aromatic carbocycles. The van der Waals surface area contributed by atoms with E-state index in [1.807, 2.05) is 0 Å². The Morgan fingerprint density at radius 1 is 1.64 bits per heavy atom. The fourth-order valence-electron chi connectivity index (χ4n) is 0.716. The quantitative estimate of drug-likeness (QED) is 0.648. The van der Waals surface area contributed by atoms with Crippen LogP contribution in [0.3, 0.4) is 0 Å². The Hall–Kier alpha value is -1.45. The van der Waals surface area contributed by atoms with Gasteiger partial charge >= 0.3 is 5.95 Å². The molecule has 1 aromatic heterocycles. The third-order valence-corrected chi connectivity index (χ3v) is 1.20. The van der Waals surface area contributed by atoms with Crippen molar-refractivity contribution in [2.45, 2.75) is 6.92 Å². The summed E-state index contributed by atoms with van der Waals surface area (Å²) >= 11 is 0. The standard InChI is InChI=1S/C7H8O4/c1-4-3-5(8)6(9)7(10-2)11-4/h3,9H,1-2H3. The molecule has 0 fully saturated rings. The molecule has 11 heavy (non-hydrogen) atoms. The van der Waals surface area contributed by atoms with Crippen LogP contribution in [0.2, 0.25) is 0 Å². The fourth-order valence-corrected chi connectivity index (χ4v) is 0.716. The van der Waals surface area contributed by atoms with E-state index < -0.39 is 11.2 Å². The Bertz CT molecular complexity index is 313. The first-order chi connectivity index (χ1) is 5.15. The maximum Gasteiger partial charge on any atom is 0.332 e. The molecule has 0 aliphatic carbocycles. The van der Waals surface area contributed by atoms with Gasteiger partial charge in [0.05, 0.1) is 7.11 Å². The fraction of sp³-hybridized carbons (Fsp3) is 0.286. The van der Waals surface area contributed by atoms with Crippen molar-refractivity contribution in [3.63, 3.8) is 0 Å². The van der Waals surface area contributed by atoms with E-state index in [1.54, 1.807) is 6.92 Å². The first kappa shape index (κ1) is 7.65. The van der Waals surface area contributed by atoms with Crippen molar-refractivity contribution in [2.75, 3.05) is 7.11 Å². The molecule has 0 saturated carbocycles. The van der Waals surface area contributed by atoms with E-state index in [-0.39, 0.29) is 5.95 Å². The summed E-state index contributed by atoms with van der Waals surface area (Å²) in [6, 6.07) is 1.19. The van der Waals surface area contributed by atoms with Gasteiger partial charge in [0, 0.05) is 6.07 Å². The summed E-state index contributed by atoms with van der Waals surface area (Å²) in [5.41, 5.74) is -0.495. The summed E-state index contributed by atoms with van der Waals surface area (Å²) in [6.07, 6.45) is 0. The topological polar surface area (TPSA) is 59.7 Å². The van der Waals surface area contributed by atoms with E-state index in [4.69, 9.17) is 9.52 Å². The molecule has 0 atom stereocenters. The number of hydrogen-bond donors (Lipinski definition) is 1. The van der Waals surface area contributed by atoms with Gasteiger partial charge in [0.1, 0.15) is 5.76 Å². The lowest BCUT2D eigenvalue weighted by Crippen LogP contribution is -2.00. The lowest BCUT2D eigenvalue weighted by molar-refractivity contribution is 0.262. The van der Waals surface area contributed by atoms with Crippen LogP contribution in [0, 0.1) is 6.92 Å². The van der Waals surface area contributed by atoms with E-state index >= 15 is 0 Å². The minimum absolute atomic E-state index is 0.144. The number of ether oxygens (including phenoxy) is 1. The summed E-state index contributed by atoms with van der Waals surface area (Å²) in [4.78, 5) is 10.8. The Labute approximate surface area is 63.0 Å². The Balaban J connectivity index is 3.36. The molecule has 1 aromatic rings. The summed E-state index contributed by atoms with van der Waals surface area (Å²) in [7, 11) is 1.32. The van der Waals surface area contributed by atoms with Crippen LogP contribution in [0.25, 0.3) is 0 Å². The van der Waals surface area contributed by atoms with Gasteiger partial charge in [-0.15, -0.1) is 0 Å². The average molecular weight is 156 g/mol. The second kappa shape index (κ2) is 2.65. The first-order valence-corrected chi connectivity index (χ1v) is 3.03. The van der Waals surface area contributed by atoms with Gasteiger partial charge in [0.2, 0.25) is 11.2 Å². The minimum Gasteiger partial charge on any atom is -0.499 e. The highest BCUT2D eigenvalue weighted by atomic mass is 16.6. The van der Waals surface area contributed by atoms with E-state index in [0.29, 0.717) is 5.76 Å². The maximum absolute atomic E-state index is 10.8. The van der Waals surface area contributed by atoms with E-state index in [2.05, 4.69) is 4.74 Å². The zero-order valence-corrected chi connectivity index (χ0v) is 6.25. The molecule has 0 spiro atoms. The van der Waals surface area contributed by atoms with Crippen molar-refractivity contribution in [1.82, 2.24) is 0 Å². The summed E-state index contributed by atoms with van der Waals surface area (Å²) in [6.45, 7) is 1.60. The number of hydrogen-bond acceptors (Lipinski definition) is 4.